The van der Waals surface area contributed by atoms with Gasteiger partial charge in [-0.3, -0.25) is 9.59 Å². The molecule has 1 fully saturated rings. The molecule has 1 aromatic rings. The molecule has 2 N–H and O–H groups in total. The molecule has 1 aliphatic heterocycles. The highest BCUT2D eigenvalue weighted by molar-refractivity contribution is 6.34. The lowest BCUT2D eigenvalue weighted by Gasteiger charge is -2.32. The summed E-state index contributed by atoms with van der Waals surface area (Å²) in [5, 5.41) is 0.530. The third kappa shape index (κ3) is 4.02. The minimum Gasteiger partial charge on any atom is -0.332 e. The van der Waals surface area contributed by atoms with Crippen LogP contribution in [0.25, 0.3) is 0 Å². The minimum atomic E-state index is -0.644. The fraction of sp³-hybridized carbons (Fsp3) is 0.529. The highest BCUT2D eigenvalue weighted by Gasteiger charge is 2.40. The number of rotatable bonds is 3. The van der Waals surface area contributed by atoms with Crippen LogP contribution in [-0.4, -0.2) is 42.4 Å². The molecular weight excluding hydrogens is 349 g/mol. The van der Waals surface area contributed by atoms with Gasteiger partial charge in [0.15, 0.2) is 0 Å². The zero-order valence-electron chi connectivity index (χ0n) is 14.5. The first-order valence-electron chi connectivity index (χ1n) is 7.72. The van der Waals surface area contributed by atoms with Crippen LogP contribution < -0.4 is 10.6 Å². The quantitative estimate of drug-likeness (QED) is 0.885. The monoisotopic (exact) mass is 373 g/mol. The fourth-order valence-electron chi connectivity index (χ4n) is 2.68. The summed E-state index contributed by atoms with van der Waals surface area (Å²) in [6.45, 7) is 6.28. The summed E-state index contributed by atoms with van der Waals surface area (Å²) in [7, 11) is 1.65. The Labute approximate surface area is 154 Å². The molecule has 7 heteroatoms. The van der Waals surface area contributed by atoms with E-state index in [1.165, 1.54) is 4.90 Å². The van der Waals surface area contributed by atoms with E-state index in [9.17, 15) is 9.59 Å². The maximum atomic E-state index is 12.7. The number of hydrogen-bond acceptors (Lipinski definition) is 3. The molecule has 1 heterocycles. The molecule has 2 atom stereocenters. The average molecular weight is 374 g/mol. The van der Waals surface area contributed by atoms with Crippen molar-refractivity contribution in [3.63, 3.8) is 0 Å². The summed E-state index contributed by atoms with van der Waals surface area (Å²) in [5.74, 6) is -0.327. The highest BCUT2D eigenvalue weighted by Crippen LogP contribution is 2.30. The van der Waals surface area contributed by atoms with Crippen LogP contribution in [0.5, 0.6) is 0 Å². The molecule has 0 spiro atoms. The maximum Gasteiger partial charge on any atom is 0.249 e. The van der Waals surface area contributed by atoms with E-state index >= 15 is 0 Å². The molecule has 0 aliphatic carbocycles. The van der Waals surface area contributed by atoms with E-state index in [4.69, 9.17) is 17.3 Å². The van der Waals surface area contributed by atoms with Gasteiger partial charge in [-0.2, -0.15) is 0 Å². The van der Waals surface area contributed by atoms with Crippen molar-refractivity contribution in [2.45, 2.75) is 39.3 Å². The van der Waals surface area contributed by atoms with Gasteiger partial charge < -0.3 is 15.5 Å². The van der Waals surface area contributed by atoms with Crippen molar-refractivity contribution in [2.24, 2.45) is 11.1 Å². The second-order valence-electron chi connectivity index (χ2n) is 7.04. The highest BCUT2D eigenvalue weighted by atomic mass is 35.5. The van der Waals surface area contributed by atoms with Crippen LogP contribution in [0.4, 0.5) is 5.69 Å². The van der Waals surface area contributed by atoms with Gasteiger partial charge in [-0.05, 0) is 24.0 Å². The zero-order chi connectivity index (χ0) is 17.4. The maximum absolute atomic E-state index is 12.7. The van der Waals surface area contributed by atoms with Gasteiger partial charge in [-0.25, -0.2) is 0 Å². The van der Waals surface area contributed by atoms with E-state index in [0.29, 0.717) is 23.7 Å². The molecule has 1 unspecified atom stereocenters. The van der Waals surface area contributed by atoms with Crippen molar-refractivity contribution in [3.05, 3.63) is 29.3 Å². The van der Waals surface area contributed by atoms with Crippen molar-refractivity contribution in [1.29, 1.82) is 0 Å². The standard InChI is InChI=1S/C17H24ClN3O2.ClH/c1-17(2,3)14(19)16(23)20(4)13-9-10-21(15(13)22)12-8-6-5-7-11(12)18;/h5-8,13-14H,9-10,19H2,1-4H3;1H/t13?,14-;/m1./s1. The summed E-state index contributed by atoms with van der Waals surface area (Å²) in [5.41, 5.74) is 6.37. The number of nitrogens with two attached hydrogens (primary N) is 1. The van der Waals surface area contributed by atoms with E-state index < -0.39 is 12.1 Å². The van der Waals surface area contributed by atoms with Crippen molar-refractivity contribution in [2.75, 3.05) is 18.5 Å². The largest absolute Gasteiger partial charge is 0.332 e. The molecule has 0 bridgehead atoms. The number of nitrogens with zero attached hydrogens (tertiary/aromatic N) is 2. The van der Waals surface area contributed by atoms with Crippen LogP contribution >= 0.6 is 24.0 Å². The Hall–Kier alpha value is -1.30. The van der Waals surface area contributed by atoms with Gasteiger partial charge in [0.1, 0.15) is 6.04 Å². The number of anilines is 1. The molecule has 1 saturated heterocycles. The molecule has 0 aromatic heterocycles. The molecule has 0 saturated carbocycles. The lowest BCUT2D eigenvalue weighted by molar-refractivity contribution is -0.139. The van der Waals surface area contributed by atoms with Crippen molar-refractivity contribution in [1.82, 2.24) is 4.90 Å². The smallest absolute Gasteiger partial charge is 0.249 e. The van der Waals surface area contributed by atoms with Crippen LogP contribution in [0.1, 0.15) is 27.2 Å². The predicted octanol–water partition coefficient (Wildman–Crippen LogP) is 2.70. The Morgan fingerprint density at radius 2 is 1.96 bits per heavy atom. The average Bonchev–Trinajstić information content (AvgIpc) is 2.86. The van der Waals surface area contributed by atoms with Gasteiger partial charge in [-0.1, -0.05) is 44.5 Å². The molecule has 0 radical (unpaired) electrons. The van der Waals surface area contributed by atoms with Crippen LogP contribution in [0.2, 0.25) is 5.02 Å². The van der Waals surface area contributed by atoms with Gasteiger partial charge >= 0.3 is 0 Å². The van der Waals surface area contributed by atoms with Crippen molar-refractivity contribution >= 4 is 41.5 Å². The molecule has 1 aromatic carbocycles. The number of halogens is 2. The molecule has 2 amide bonds. The van der Waals surface area contributed by atoms with Gasteiger partial charge in [0.05, 0.1) is 16.8 Å². The molecule has 5 nitrogen and oxygen atoms in total. The summed E-state index contributed by atoms with van der Waals surface area (Å²) >= 11 is 6.18. The van der Waals surface area contributed by atoms with Crippen LogP contribution in [-0.2, 0) is 9.59 Å². The molecule has 1 aliphatic rings. The number of amides is 2. The summed E-state index contributed by atoms with van der Waals surface area (Å²) in [6.07, 6.45) is 0.573. The van der Waals surface area contributed by atoms with E-state index in [1.54, 1.807) is 18.0 Å². The number of carbonyl (C=O) groups is 2. The van der Waals surface area contributed by atoms with Gasteiger partial charge in [-0.15, -0.1) is 12.4 Å². The van der Waals surface area contributed by atoms with Gasteiger partial charge in [0, 0.05) is 13.6 Å². The fourth-order valence-corrected chi connectivity index (χ4v) is 2.92. The van der Waals surface area contributed by atoms with Crippen molar-refractivity contribution in [3.8, 4) is 0 Å². The lowest BCUT2D eigenvalue weighted by atomic mass is 9.86. The number of hydrogen-bond donors (Lipinski definition) is 1. The van der Waals surface area contributed by atoms with E-state index in [1.807, 2.05) is 39.0 Å². The van der Waals surface area contributed by atoms with Gasteiger partial charge in [0.25, 0.3) is 0 Å². The van der Waals surface area contributed by atoms with E-state index in [2.05, 4.69) is 0 Å². The minimum absolute atomic E-state index is 0. The number of carbonyl (C=O) groups excluding carboxylic acids is 2. The van der Waals surface area contributed by atoms with Crippen LogP contribution in [0.3, 0.4) is 0 Å². The first-order valence-corrected chi connectivity index (χ1v) is 8.10. The Kier molecular flexibility index (Phi) is 6.67. The first-order chi connectivity index (χ1) is 10.6. The Morgan fingerprint density at radius 1 is 1.38 bits per heavy atom. The SMILES string of the molecule is CN(C(=O)[C@@H](N)C(C)(C)C)C1CCN(c2ccccc2Cl)C1=O.Cl. The Bertz CT molecular complexity index is 616. The number of benzene rings is 1. The van der Waals surface area contributed by atoms with Gasteiger partial charge in [0.2, 0.25) is 11.8 Å². The number of likely N-dealkylation sites (N-methyl/N-ethyl adjacent to an activating group) is 1. The first kappa shape index (κ1) is 20.7. The predicted molar refractivity (Wildman–Crippen MR) is 99.7 cm³/mol. The normalized spacial score (nSPS) is 19.0. The molecule has 24 heavy (non-hydrogen) atoms. The summed E-state index contributed by atoms with van der Waals surface area (Å²) in [4.78, 5) is 28.4. The van der Waals surface area contributed by atoms with Crippen molar-refractivity contribution < 1.29 is 9.59 Å². The Balaban J connectivity index is 0.00000288. The summed E-state index contributed by atoms with van der Waals surface area (Å²) < 4.78 is 0. The zero-order valence-corrected chi connectivity index (χ0v) is 16.0. The van der Waals surface area contributed by atoms with E-state index in [-0.39, 0.29) is 29.6 Å². The van der Waals surface area contributed by atoms with Crippen LogP contribution in [0, 0.1) is 5.41 Å². The molecular formula is C17H25Cl2N3O2. The second-order valence-corrected chi connectivity index (χ2v) is 7.45. The third-order valence-corrected chi connectivity index (χ3v) is 4.65. The van der Waals surface area contributed by atoms with Crippen LogP contribution in [0.15, 0.2) is 24.3 Å². The molecule has 134 valence electrons. The number of para-hydroxylation sites is 1. The second kappa shape index (κ2) is 7.72. The molecule has 2 rings (SSSR count). The lowest BCUT2D eigenvalue weighted by Crippen LogP contribution is -2.53. The third-order valence-electron chi connectivity index (χ3n) is 4.33. The van der Waals surface area contributed by atoms with E-state index in [0.717, 1.165) is 0 Å². The topological polar surface area (TPSA) is 66.6 Å². The summed E-state index contributed by atoms with van der Waals surface area (Å²) in [6, 6.07) is 6.09. The Morgan fingerprint density at radius 3 is 2.50 bits per heavy atom.